The Labute approximate surface area is 463 Å². The molecule has 0 amide bonds. The Hall–Kier alpha value is -3.93. The summed E-state index contributed by atoms with van der Waals surface area (Å²) in [5.41, 5.74) is 0. The molecule has 6 heteroatoms. The first-order valence-electron chi connectivity index (χ1n) is 31.4. The third kappa shape index (κ3) is 60.8. The lowest BCUT2D eigenvalue weighted by atomic mass is 10.1. The molecule has 1 unspecified atom stereocenters. The fraction of sp³-hybridized carbons (Fsp3) is 0.696. The lowest BCUT2D eigenvalue weighted by Gasteiger charge is -2.18. The van der Waals surface area contributed by atoms with Gasteiger partial charge in [0.1, 0.15) is 13.2 Å². The van der Waals surface area contributed by atoms with Crippen molar-refractivity contribution in [2.75, 3.05) is 13.2 Å². The Bertz CT molecular complexity index is 1520. The highest BCUT2D eigenvalue weighted by molar-refractivity contribution is 5.71. The minimum atomic E-state index is -0.796. The number of esters is 3. The molecule has 0 bridgehead atoms. The lowest BCUT2D eigenvalue weighted by Crippen LogP contribution is -2.30. The predicted octanol–water partition coefficient (Wildman–Crippen LogP) is 21.4. The van der Waals surface area contributed by atoms with Crippen molar-refractivity contribution in [1.82, 2.24) is 0 Å². The van der Waals surface area contributed by atoms with Crippen LogP contribution >= 0.6 is 0 Å². The SMILES string of the molecule is CC/C=C\C/C=C\C/C=C\CCCCCCCCCC(=O)OC(COC(=O)CCCCCCC/C=C\C/C=C\C/C=C\CC)COC(=O)CCCCCCCCCCCC/C=C\C/C=C\C/C=C\CCCCCCC. The Morgan fingerprint density at radius 2 is 0.520 bits per heavy atom. The monoisotopic (exact) mass is 1040 g/mol. The number of rotatable bonds is 56. The molecule has 0 heterocycles. The molecule has 0 aliphatic carbocycles. The van der Waals surface area contributed by atoms with E-state index in [0.29, 0.717) is 19.3 Å². The van der Waals surface area contributed by atoms with E-state index in [-0.39, 0.29) is 31.1 Å². The van der Waals surface area contributed by atoms with Crippen LogP contribution in [0.25, 0.3) is 0 Å². The van der Waals surface area contributed by atoms with Gasteiger partial charge < -0.3 is 14.2 Å². The summed E-state index contributed by atoms with van der Waals surface area (Å²) in [7, 11) is 0. The molecule has 0 rings (SSSR count). The summed E-state index contributed by atoms with van der Waals surface area (Å²) in [6.07, 6.45) is 85.2. The molecule has 0 spiro atoms. The Balaban J connectivity index is 4.37. The molecule has 0 aromatic rings. The van der Waals surface area contributed by atoms with E-state index < -0.39 is 6.10 Å². The van der Waals surface area contributed by atoms with Gasteiger partial charge in [0.15, 0.2) is 6.10 Å². The first-order chi connectivity index (χ1) is 37.0. The van der Waals surface area contributed by atoms with Crippen LogP contribution in [0.4, 0.5) is 0 Å². The van der Waals surface area contributed by atoms with E-state index in [0.717, 1.165) is 135 Å². The second kappa shape index (κ2) is 62.6. The number of hydrogen-bond donors (Lipinski definition) is 0. The average molecular weight is 1040 g/mol. The summed E-state index contributed by atoms with van der Waals surface area (Å²) in [6, 6.07) is 0. The van der Waals surface area contributed by atoms with Crippen molar-refractivity contribution in [1.29, 1.82) is 0 Å². The molecule has 0 saturated carbocycles. The zero-order valence-electron chi connectivity index (χ0n) is 49.0. The topological polar surface area (TPSA) is 78.9 Å². The van der Waals surface area contributed by atoms with E-state index in [1.807, 2.05) is 0 Å². The maximum atomic E-state index is 12.9. The molecule has 0 aromatic carbocycles. The van der Waals surface area contributed by atoms with Gasteiger partial charge in [0.25, 0.3) is 0 Å². The molecule has 6 nitrogen and oxygen atoms in total. The van der Waals surface area contributed by atoms with Gasteiger partial charge in [-0.05, 0) is 122 Å². The Morgan fingerprint density at radius 3 is 0.813 bits per heavy atom. The van der Waals surface area contributed by atoms with E-state index in [4.69, 9.17) is 14.2 Å². The highest BCUT2D eigenvalue weighted by Crippen LogP contribution is 2.15. The Kier molecular flexibility index (Phi) is 59.3. The second-order valence-electron chi connectivity index (χ2n) is 20.5. The summed E-state index contributed by atoms with van der Waals surface area (Å²) in [4.78, 5) is 38.3. The van der Waals surface area contributed by atoms with Gasteiger partial charge in [0.2, 0.25) is 0 Å². The van der Waals surface area contributed by atoms with Crippen LogP contribution in [0.1, 0.15) is 290 Å². The van der Waals surface area contributed by atoms with Crippen LogP contribution in [-0.2, 0) is 28.6 Å². The highest BCUT2D eigenvalue weighted by atomic mass is 16.6. The molecule has 0 saturated heterocycles. The maximum Gasteiger partial charge on any atom is 0.306 e. The molecular formula is C69H116O6. The number of allylic oxidation sites excluding steroid dienone is 18. The fourth-order valence-electron chi connectivity index (χ4n) is 8.60. The highest BCUT2D eigenvalue weighted by Gasteiger charge is 2.19. The van der Waals surface area contributed by atoms with Crippen molar-refractivity contribution < 1.29 is 28.6 Å². The number of carbonyl (C=O) groups excluding carboxylic acids is 3. The van der Waals surface area contributed by atoms with E-state index in [9.17, 15) is 14.4 Å². The van der Waals surface area contributed by atoms with Gasteiger partial charge in [-0.2, -0.15) is 0 Å². The minimum absolute atomic E-state index is 0.0908. The first kappa shape index (κ1) is 71.1. The molecule has 0 aromatic heterocycles. The van der Waals surface area contributed by atoms with Crippen LogP contribution in [-0.4, -0.2) is 37.2 Å². The average Bonchev–Trinajstić information content (AvgIpc) is 3.41. The van der Waals surface area contributed by atoms with Gasteiger partial charge in [-0.3, -0.25) is 14.4 Å². The predicted molar refractivity (Wildman–Crippen MR) is 325 cm³/mol. The third-order valence-electron chi connectivity index (χ3n) is 13.2. The number of hydrogen-bond acceptors (Lipinski definition) is 6. The van der Waals surface area contributed by atoms with Crippen molar-refractivity contribution in [3.05, 3.63) is 109 Å². The molecule has 0 radical (unpaired) electrons. The number of ether oxygens (including phenoxy) is 3. The van der Waals surface area contributed by atoms with Gasteiger partial charge in [-0.15, -0.1) is 0 Å². The summed E-state index contributed by atoms with van der Waals surface area (Å²) < 4.78 is 16.9. The van der Waals surface area contributed by atoms with Crippen molar-refractivity contribution in [2.45, 2.75) is 297 Å². The molecule has 0 aliphatic rings. The van der Waals surface area contributed by atoms with Crippen LogP contribution in [0, 0.1) is 0 Å². The molecule has 0 aliphatic heterocycles. The normalized spacial score (nSPS) is 12.8. The van der Waals surface area contributed by atoms with E-state index in [2.05, 4.69) is 130 Å². The molecule has 1 atom stereocenters. The fourth-order valence-corrected chi connectivity index (χ4v) is 8.60. The minimum Gasteiger partial charge on any atom is -0.462 e. The van der Waals surface area contributed by atoms with Crippen molar-refractivity contribution in [3.8, 4) is 0 Å². The molecule has 75 heavy (non-hydrogen) atoms. The van der Waals surface area contributed by atoms with Crippen LogP contribution < -0.4 is 0 Å². The number of unbranched alkanes of at least 4 members (excludes halogenated alkanes) is 27. The van der Waals surface area contributed by atoms with E-state index >= 15 is 0 Å². The van der Waals surface area contributed by atoms with Crippen LogP contribution in [0.15, 0.2) is 109 Å². The zero-order valence-corrected chi connectivity index (χ0v) is 49.0. The first-order valence-corrected chi connectivity index (χ1v) is 31.4. The summed E-state index contributed by atoms with van der Waals surface area (Å²) in [5.74, 6) is -0.917. The van der Waals surface area contributed by atoms with Gasteiger partial charge in [0.05, 0.1) is 0 Å². The number of carbonyl (C=O) groups is 3. The van der Waals surface area contributed by atoms with Gasteiger partial charge in [0, 0.05) is 19.3 Å². The maximum absolute atomic E-state index is 12.9. The molecule has 0 N–H and O–H groups in total. The standard InChI is InChI=1S/C69H116O6/c1-4-7-10-13-16-19-22-25-28-30-31-32-33-34-35-36-37-39-41-44-47-50-53-56-59-62-68(71)74-65-66(64-73-67(70)61-58-55-52-49-46-43-40-27-24-21-18-15-12-9-6-3)75-69(72)63-60-57-54-51-48-45-42-38-29-26-23-20-17-14-11-8-5-2/h8-9,11-12,17-18,20-22,25-27,29-31,33-34,40,66H,4-7,10,13-16,19,23-24,28,32,35-39,41-65H2,1-3H3/b11-8-,12-9-,20-17-,21-18-,25-22-,29-26-,31-30-,34-33-,40-27-. The smallest absolute Gasteiger partial charge is 0.306 e. The summed E-state index contributed by atoms with van der Waals surface area (Å²) in [5, 5.41) is 0. The summed E-state index contributed by atoms with van der Waals surface area (Å²) >= 11 is 0. The van der Waals surface area contributed by atoms with Gasteiger partial charge in [-0.25, -0.2) is 0 Å². The lowest BCUT2D eigenvalue weighted by molar-refractivity contribution is -0.167. The van der Waals surface area contributed by atoms with Crippen molar-refractivity contribution in [2.24, 2.45) is 0 Å². The Morgan fingerprint density at radius 1 is 0.280 bits per heavy atom. The van der Waals surface area contributed by atoms with Crippen molar-refractivity contribution in [3.63, 3.8) is 0 Å². The zero-order chi connectivity index (χ0) is 54.3. The summed E-state index contributed by atoms with van der Waals surface area (Å²) in [6.45, 7) is 6.40. The molecule has 0 fully saturated rings. The van der Waals surface area contributed by atoms with Crippen LogP contribution in [0.5, 0.6) is 0 Å². The van der Waals surface area contributed by atoms with Crippen LogP contribution in [0.2, 0.25) is 0 Å². The second-order valence-corrected chi connectivity index (χ2v) is 20.5. The largest absolute Gasteiger partial charge is 0.462 e. The molecular weight excluding hydrogens is 925 g/mol. The third-order valence-corrected chi connectivity index (χ3v) is 13.2. The quantitative estimate of drug-likeness (QED) is 0.0261. The van der Waals surface area contributed by atoms with Gasteiger partial charge in [-0.1, -0.05) is 259 Å². The van der Waals surface area contributed by atoms with Crippen molar-refractivity contribution >= 4 is 17.9 Å². The molecule has 428 valence electrons. The van der Waals surface area contributed by atoms with Crippen LogP contribution in [0.3, 0.4) is 0 Å². The van der Waals surface area contributed by atoms with E-state index in [1.54, 1.807) is 0 Å². The van der Waals surface area contributed by atoms with E-state index in [1.165, 1.54) is 116 Å². The van der Waals surface area contributed by atoms with Gasteiger partial charge >= 0.3 is 17.9 Å².